The van der Waals surface area contributed by atoms with Crippen LogP contribution in [-0.2, 0) is 14.8 Å². The number of likely N-dealkylation sites (N-methyl/N-ethyl adjacent to an activating group) is 1. The molecule has 2 aliphatic heterocycles. The van der Waals surface area contributed by atoms with Crippen LogP contribution in [0.25, 0.3) is 0 Å². The van der Waals surface area contributed by atoms with E-state index in [0.717, 1.165) is 12.1 Å². The van der Waals surface area contributed by atoms with Gasteiger partial charge in [0.15, 0.2) is 0 Å². The van der Waals surface area contributed by atoms with E-state index in [1.165, 1.54) is 4.31 Å². The maximum atomic E-state index is 14.0. The fourth-order valence-corrected chi connectivity index (χ4v) is 5.15. The first-order chi connectivity index (χ1) is 11.7. The van der Waals surface area contributed by atoms with Crippen molar-refractivity contribution in [1.29, 1.82) is 0 Å². The van der Waals surface area contributed by atoms with Gasteiger partial charge in [-0.1, -0.05) is 0 Å². The van der Waals surface area contributed by atoms with E-state index < -0.39 is 32.1 Å². The van der Waals surface area contributed by atoms with Gasteiger partial charge in [-0.25, -0.2) is 17.2 Å². The van der Waals surface area contributed by atoms with Crippen LogP contribution < -0.4 is 5.32 Å². The summed E-state index contributed by atoms with van der Waals surface area (Å²) in [6.07, 6.45) is 1.48. The van der Waals surface area contributed by atoms with Crippen LogP contribution in [0.4, 0.5) is 8.78 Å². The maximum absolute atomic E-state index is 14.0. The zero-order chi connectivity index (χ0) is 18.2. The summed E-state index contributed by atoms with van der Waals surface area (Å²) in [7, 11) is -2.16. The monoisotopic (exact) mass is 373 g/mol. The third kappa shape index (κ3) is 3.40. The summed E-state index contributed by atoms with van der Waals surface area (Å²) >= 11 is 0. The van der Waals surface area contributed by atoms with Crippen molar-refractivity contribution in [2.75, 3.05) is 33.2 Å². The van der Waals surface area contributed by atoms with Crippen LogP contribution in [0.2, 0.25) is 0 Å². The molecule has 9 heteroatoms. The summed E-state index contributed by atoms with van der Waals surface area (Å²) < 4.78 is 54.1. The van der Waals surface area contributed by atoms with Crippen LogP contribution in [0.1, 0.15) is 19.3 Å². The van der Waals surface area contributed by atoms with E-state index in [9.17, 15) is 22.0 Å². The molecule has 0 bridgehead atoms. The number of hydrogen-bond acceptors (Lipinski definition) is 4. The highest BCUT2D eigenvalue weighted by atomic mass is 32.2. The van der Waals surface area contributed by atoms with Gasteiger partial charge in [0.2, 0.25) is 15.9 Å². The SMILES string of the molecule is CN1CCN(S(=O)(=O)c2ccc(F)cc2F)CC12CCNC(=O)CC2. The van der Waals surface area contributed by atoms with Crippen molar-refractivity contribution in [2.24, 2.45) is 0 Å². The molecular formula is C16H21F2N3O3S. The fourth-order valence-electron chi connectivity index (χ4n) is 3.59. The Hall–Kier alpha value is -1.58. The predicted molar refractivity (Wildman–Crippen MR) is 87.3 cm³/mol. The van der Waals surface area contributed by atoms with Crippen molar-refractivity contribution in [3.05, 3.63) is 29.8 Å². The number of benzene rings is 1. The van der Waals surface area contributed by atoms with Gasteiger partial charge in [0.05, 0.1) is 0 Å². The Morgan fingerprint density at radius 3 is 2.68 bits per heavy atom. The smallest absolute Gasteiger partial charge is 0.246 e. The molecule has 6 nitrogen and oxygen atoms in total. The first kappa shape index (κ1) is 18.2. The molecule has 0 aromatic heterocycles. The molecular weight excluding hydrogens is 352 g/mol. The molecule has 1 unspecified atom stereocenters. The zero-order valence-electron chi connectivity index (χ0n) is 14.0. The predicted octanol–water partition coefficient (Wildman–Crippen LogP) is 0.940. The van der Waals surface area contributed by atoms with E-state index >= 15 is 0 Å². The van der Waals surface area contributed by atoms with Crippen LogP contribution in [0.15, 0.2) is 23.1 Å². The molecule has 1 aromatic rings. The quantitative estimate of drug-likeness (QED) is 0.838. The molecule has 0 saturated carbocycles. The molecule has 1 N–H and O–H groups in total. The number of sulfonamides is 1. The minimum absolute atomic E-state index is 0.0464. The molecule has 3 rings (SSSR count). The lowest BCUT2D eigenvalue weighted by Gasteiger charge is -2.48. The molecule has 2 aliphatic rings. The molecule has 138 valence electrons. The van der Waals surface area contributed by atoms with Gasteiger partial charge in [-0.15, -0.1) is 0 Å². The van der Waals surface area contributed by atoms with Crippen molar-refractivity contribution in [3.8, 4) is 0 Å². The van der Waals surface area contributed by atoms with Crippen molar-refractivity contribution in [2.45, 2.75) is 29.7 Å². The molecule has 1 aromatic carbocycles. The molecule has 2 fully saturated rings. The second-order valence-corrected chi connectivity index (χ2v) is 8.57. The molecule has 25 heavy (non-hydrogen) atoms. The van der Waals surface area contributed by atoms with E-state index in [1.807, 2.05) is 7.05 Å². The molecule has 2 saturated heterocycles. The summed E-state index contributed by atoms with van der Waals surface area (Å²) in [4.78, 5) is 13.2. The normalized spacial score (nSPS) is 26.4. The molecule has 1 amide bonds. The van der Waals surface area contributed by atoms with Gasteiger partial charge in [0.1, 0.15) is 16.5 Å². The van der Waals surface area contributed by atoms with E-state index in [4.69, 9.17) is 0 Å². The minimum atomic E-state index is -4.07. The number of rotatable bonds is 2. The Morgan fingerprint density at radius 2 is 1.96 bits per heavy atom. The highest BCUT2D eigenvalue weighted by Crippen LogP contribution is 2.33. The van der Waals surface area contributed by atoms with Crippen LogP contribution in [-0.4, -0.2) is 62.3 Å². The van der Waals surface area contributed by atoms with Gasteiger partial charge < -0.3 is 5.32 Å². The lowest BCUT2D eigenvalue weighted by atomic mass is 9.87. The molecule has 2 heterocycles. The number of hydrogen-bond donors (Lipinski definition) is 1. The van der Waals surface area contributed by atoms with E-state index in [-0.39, 0.29) is 19.0 Å². The van der Waals surface area contributed by atoms with Crippen LogP contribution in [0.3, 0.4) is 0 Å². The van der Waals surface area contributed by atoms with Gasteiger partial charge in [-0.3, -0.25) is 9.69 Å². The van der Waals surface area contributed by atoms with Crippen molar-refractivity contribution < 1.29 is 22.0 Å². The van der Waals surface area contributed by atoms with Crippen molar-refractivity contribution in [3.63, 3.8) is 0 Å². The summed E-state index contributed by atoms with van der Waals surface area (Å²) in [6, 6.07) is 2.48. The first-order valence-electron chi connectivity index (χ1n) is 8.18. The largest absolute Gasteiger partial charge is 0.356 e. The average molecular weight is 373 g/mol. The Morgan fingerprint density at radius 1 is 1.20 bits per heavy atom. The third-order valence-corrected chi connectivity index (χ3v) is 7.09. The molecule has 0 aliphatic carbocycles. The fraction of sp³-hybridized carbons (Fsp3) is 0.562. The maximum Gasteiger partial charge on any atom is 0.246 e. The van der Waals surface area contributed by atoms with Crippen LogP contribution in [0.5, 0.6) is 0 Å². The summed E-state index contributed by atoms with van der Waals surface area (Å²) in [6.45, 7) is 1.36. The summed E-state index contributed by atoms with van der Waals surface area (Å²) in [5.74, 6) is -1.96. The van der Waals surface area contributed by atoms with Gasteiger partial charge >= 0.3 is 0 Å². The Labute approximate surface area is 145 Å². The Kier molecular flexibility index (Phi) is 4.82. The number of nitrogens with zero attached hydrogens (tertiary/aromatic N) is 2. The second kappa shape index (κ2) is 6.62. The lowest BCUT2D eigenvalue weighted by Crippen LogP contribution is -2.62. The second-order valence-electron chi connectivity index (χ2n) is 6.66. The van der Waals surface area contributed by atoms with Gasteiger partial charge in [-0.05, 0) is 32.0 Å². The third-order valence-electron chi connectivity index (χ3n) is 5.21. The van der Waals surface area contributed by atoms with Gasteiger partial charge in [0.25, 0.3) is 0 Å². The highest BCUT2D eigenvalue weighted by Gasteiger charge is 2.44. The molecule has 1 spiro atoms. The Balaban J connectivity index is 1.91. The van der Waals surface area contributed by atoms with E-state index in [0.29, 0.717) is 38.4 Å². The molecule has 0 radical (unpaired) electrons. The number of carbonyl (C=O) groups is 1. The number of nitrogens with one attached hydrogen (secondary N) is 1. The number of halogens is 2. The highest BCUT2D eigenvalue weighted by molar-refractivity contribution is 7.89. The Bertz CT molecular complexity index is 787. The zero-order valence-corrected chi connectivity index (χ0v) is 14.8. The average Bonchev–Trinajstić information content (AvgIpc) is 2.72. The first-order valence-corrected chi connectivity index (χ1v) is 9.62. The van der Waals surface area contributed by atoms with Gasteiger partial charge in [-0.2, -0.15) is 4.31 Å². The lowest BCUT2D eigenvalue weighted by molar-refractivity contribution is -0.121. The minimum Gasteiger partial charge on any atom is -0.356 e. The van der Waals surface area contributed by atoms with Crippen molar-refractivity contribution in [1.82, 2.24) is 14.5 Å². The topological polar surface area (TPSA) is 69.7 Å². The number of amides is 1. The molecule has 1 atom stereocenters. The summed E-state index contributed by atoms with van der Waals surface area (Å²) in [5.41, 5.74) is -0.471. The van der Waals surface area contributed by atoms with Gasteiger partial charge in [0, 0.05) is 44.2 Å². The number of carbonyl (C=O) groups excluding carboxylic acids is 1. The van der Waals surface area contributed by atoms with E-state index in [2.05, 4.69) is 10.2 Å². The number of piperazine rings is 1. The van der Waals surface area contributed by atoms with E-state index in [1.54, 1.807) is 0 Å². The van der Waals surface area contributed by atoms with Crippen molar-refractivity contribution >= 4 is 15.9 Å². The standard InChI is InChI=1S/C16H21F2N3O3S/c1-20-8-9-21(11-16(20)5-4-15(22)19-7-6-16)25(23,24)14-3-2-12(17)10-13(14)18/h2-3,10H,4-9,11H2,1H3,(H,19,22). The van der Waals surface area contributed by atoms with Crippen LogP contribution in [0, 0.1) is 11.6 Å². The summed E-state index contributed by atoms with van der Waals surface area (Å²) in [5, 5.41) is 2.80. The van der Waals surface area contributed by atoms with Crippen LogP contribution >= 0.6 is 0 Å².